The van der Waals surface area contributed by atoms with E-state index in [2.05, 4.69) is 21.4 Å². The van der Waals surface area contributed by atoms with Crippen LogP contribution in [-0.2, 0) is 6.54 Å². The zero-order chi connectivity index (χ0) is 20.9. The lowest BCUT2D eigenvalue weighted by Gasteiger charge is -2.39. The van der Waals surface area contributed by atoms with E-state index in [0.717, 1.165) is 16.8 Å². The van der Waals surface area contributed by atoms with E-state index < -0.39 is 12.2 Å². The van der Waals surface area contributed by atoms with Gasteiger partial charge in [0, 0.05) is 51.5 Å². The smallest absolute Gasteiger partial charge is 0.352 e. The Balaban J connectivity index is 1.57. The summed E-state index contributed by atoms with van der Waals surface area (Å²) in [6.07, 6.45) is -2.43. The second kappa shape index (κ2) is 9.26. The first-order valence-corrected chi connectivity index (χ1v) is 9.65. The Kier molecular flexibility index (Phi) is 6.74. The van der Waals surface area contributed by atoms with Gasteiger partial charge < -0.3 is 10.2 Å². The molecular weight excluding hydrogens is 379 g/mol. The fraction of sp³-hybridized carbons (Fsp3) is 0.429. The van der Waals surface area contributed by atoms with Crippen molar-refractivity contribution in [2.24, 2.45) is 4.99 Å². The average molecular weight is 405 g/mol. The van der Waals surface area contributed by atoms with Gasteiger partial charge in [-0.25, -0.2) is 0 Å². The lowest BCUT2D eigenvalue weighted by atomic mass is 10.1. The van der Waals surface area contributed by atoms with E-state index in [-0.39, 0.29) is 0 Å². The van der Waals surface area contributed by atoms with Crippen LogP contribution in [0.2, 0.25) is 0 Å². The van der Waals surface area contributed by atoms with E-state index in [1.54, 1.807) is 13.2 Å². The molecule has 8 heteroatoms. The van der Waals surface area contributed by atoms with Crippen LogP contribution >= 0.6 is 0 Å². The number of guanidine groups is 1. The van der Waals surface area contributed by atoms with Crippen molar-refractivity contribution in [2.75, 3.05) is 33.2 Å². The Hall–Kier alpha value is -2.61. The first-order chi connectivity index (χ1) is 13.9. The summed E-state index contributed by atoms with van der Waals surface area (Å²) in [7, 11) is 1.69. The van der Waals surface area contributed by atoms with E-state index in [1.807, 2.05) is 41.3 Å². The van der Waals surface area contributed by atoms with Crippen molar-refractivity contribution < 1.29 is 13.2 Å². The van der Waals surface area contributed by atoms with Crippen LogP contribution in [0, 0.1) is 0 Å². The minimum absolute atomic E-state index is 0.358. The maximum absolute atomic E-state index is 12.9. The molecule has 1 atom stereocenters. The summed E-state index contributed by atoms with van der Waals surface area (Å²) in [6, 6.07) is 12.5. The fourth-order valence-electron chi connectivity index (χ4n) is 3.42. The quantitative estimate of drug-likeness (QED) is 0.626. The molecule has 3 rings (SSSR count). The Morgan fingerprint density at radius 2 is 1.90 bits per heavy atom. The number of rotatable bonds is 4. The fourth-order valence-corrected chi connectivity index (χ4v) is 3.42. The van der Waals surface area contributed by atoms with Gasteiger partial charge in [-0.05, 0) is 30.7 Å². The van der Waals surface area contributed by atoms with Gasteiger partial charge in [0.25, 0.3) is 0 Å². The normalized spacial score (nSPS) is 17.3. The molecule has 0 bridgehead atoms. The number of aliphatic imine (C=N–C) groups is 1. The van der Waals surface area contributed by atoms with Gasteiger partial charge in [-0.3, -0.25) is 14.9 Å². The van der Waals surface area contributed by atoms with E-state index in [4.69, 9.17) is 0 Å². The lowest BCUT2D eigenvalue weighted by molar-refractivity contribution is -0.181. The molecule has 1 aliphatic rings. The van der Waals surface area contributed by atoms with Gasteiger partial charge in [0.15, 0.2) is 5.96 Å². The molecule has 2 aromatic rings. The summed E-state index contributed by atoms with van der Waals surface area (Å²) < 4.78 is 38.8. The minimum Gasteiger partial charge on any atom is -0.352 e. The largest absolute Gasteiger partial charge is 0.403 e. The summed E-state index contributed by atoms with van der Waals surface area (Å²) in [5, 5.41) is 3.32. The molecule has 1 aromatic carbocycles. The standard InChI is InChI=1S/C21H26F3N5/c1-16(21(22,23)24)28-10-12-29(13-11-28)20(25-2)27-15-17-6-5-7-18(14-17)19-8-3-4-9-26-19/h3-9,14,16H,10-13,15H2,1-2H3,(H,25,27). The second-order valence-electron chi connectivity index (χ2n) is 7.06. The molecule has 1 N–H and O–H groups in total. The van der Waals surface area contributed by atoms with Crippen LogP contribution in [0.3, 0.4) is 0 Å². The summed E-state index contributed by atoms with van der Waals surface area (Å²) >= 11 is 0. The third kappa shape index (κ3) is 5.47. The van der Waals surface area contributed by atoms with Crippen LogP contribution in [0.25, 0.3) is 11.3 Å². The molecule has 29 heavy (non-hydrogen) atoms. The Labute approximate surface area is 169 Å². The highest BCUT2D eigenvalue weighted by atomic mass is 19.4. The Bertz CT molecular complexity index is 815. The third-order valence-electron chi connectivity index (χ3n) is 5.19. The topological polar surface area (TPSA) is 43.8 Å². The summed E-state index contributed by atoms with van der Waals surface area (Å²) in [6.45, 7) is 3.53. The molecule has 1 aliphatic heterocycles. The Morgan fingerprint density at radius 3 is 2.52 bits per heavy atom. The number of piperazine rings is 1. The van der Waals surface area contributed by atoms with E-state index >= 15 is 0 Å². The van der Waals surface area contributed by atoms with Crippen LogP contribution in [-0.4, -0.2) is 66.2 Å². The van der Waals surface area contributed by atoms with Gasteiger partial charge in [0.05, 0.1) is 5.69 Å². The molecular formula is C21H26F3N5. The number of hydrogen-bond acceptors (Lipinski definition) is 3. The first-order valence-electron chi connectivity index (χ1n) is 9.65. The highest BCUT2D eigenvalue weighted by molar-refractivity contribution is 5.80. The summed E-state index contributed by atoms with van der Waals surface area (Å²) in [5.74, 6) is 0.701. The number of pyridine rings is 1. The highest BCUT2D eigenvalue weighted by Crippen LogP contribution is 2.25. The van der Waals surface area contributed by atoms with Crippen molar-refractivity contribution in [3.8, 4) is 11.3 Å². The van der Waals surface area contributed by atoms with Crippen molar-refractivity contribution in [3.63, 3.8) is 0 Å². The van der Waals surface area contributed by atoms with Gasteiger partial charge in [-0.15, -0.1) is 0 Å². The predicted molar refractivity (Wildman–Crippen MR) is 109 cm³/mol. The van der Waals surface area contributed by atoms with Crippen LogP contribution in [0.4, 0.5) is 13.2 Å². The number of nitrogens with one attached hydrogen (secondary N) is 1. The van der Waals surface area contributed by atoms with E-state index in [1.165, 1.54) is 11.8 Å². The first kappa shape index (κ1) is 21.1. The van der Waals surface area contributed by atoms with Gasteiger partial charge in [0.1, 0.15) is 6.04 Å². The molecule has 0 spiro atoms. The van der Waals surface area contributed by atoms with E-state index in [0.29, 0.717) is 38.7 Å². The summed E-state index contributed by atoms with van der Waals surface area (Å²) in [5.41, 5.74) is 3.03. The number of hydrogen-bond donors (Lipinski definition) is 1. The van der Waals surface area contributed by atoms with Gasteiger partial charge in [-0.2, -0.15) is 13.2 Å². The molecule has 0 saturated carbocycles. The van der Waals surface area contributed by atoms with Crippen LogP contribution in [0.5, 0.6) is 0 Å². The number of halogens is 3. The van der Waals surface area contributed by atoms with Gasteiger partial charge >= 0.3 is 6.18 Å². The third-order valence-corrected chi connectivity index (χ3v) is 5.19. The molecule has 0 aliphatic carbocycles. The van der Waals surface area contributed by atoms with Crippen LogP contribution < -0.4 is 5.32 Å². The molecule has 1 unspecified atom stereocenters. The molecule has 2 heterocycles. The molecule has 1 fully saturated rings. The molecule has 0 radical (unpaired) electrons. The van der Waals surface area contributed by atoms with Crippen molar-refractivity contribution in [3.05, 3.63) is 54.2 Å². The molecule has 5 nitrogen and oxygen atoms in total. The Morgan fingerprint density at radius 1 is 1.14 bits per heavy atom. The minimum atomic E-state index is -4.19. The zero-order valence-electron chi connectivity index (χ0n) is 16.7. The van der Waals surface area contributed by atoms with Crippen molar-refractivity contribution in [1.29, 1.82) is 0 Å². The zero-order valence-corrected chi connectivity index (χ0v) is 16.7. The maximum Gasteiger partial charge on any atom is 0.403 e. The van der Waals surface area contributed by atoms with Gasteiger partial charge in [-0.1, -0.05) is 24.3 Å². The van der Waals surface area contributed by atoms with Gasteiger partial charge in [0.2, 0.25) is 0 Å². The summed E-state index contributed by atoms with van der Waals surface area (Å²) in [4.78, 5) is 12.2. The molecule has 0 amide bonds. The van der Waals surface area contributed by atoms with Crippen LogP contribution in [0.1, 0.15) is 12.5 Å². The second-order valence-corrected chi connectivity index (χ2v) is 7.06. The molecule has 156 valence electrons. The van der Waals surface area contributed by atoms with E-state index in [9.17, 15) is 13.2 Å². The number of aromatic nitrogens is 1. The molecule has 1 saturated heterocycles. The average Bonchev–Trinajstić information content (AvgIpc) is 2.74. The number of benzene rings is 1. The lowest BCUT2D eigenvalue weighted by Crippen LogP contribution is -2.56. The van der Waals surface area contributed by atoms with Crippen molar-refractivity contribution in [2.45, 2.75) is 25.7 Å². The maximum atomic E-state index is 12.9. The van der Waals surface area contributed by atoms with Crippen LogP contribution in [0.15, 0.2) is 53.7 Å². The number of alkyl halides is 3. The number of nitrogens with zero attached hydrogens (tertiary/aromatic N) is 4. The predicted octanol–water partition coefficient (Wildman–Crippen LogP) is 3.39. The monoisotopic (exact) mass is 405 g/mol. The van der Waals surface area contributed by atoms with Crippen molar-refractivity contribution >= 4 is 5.96 Å². The SMILES string of the molecule is CN=C(NCc1cccc(-c2ccccn2)c1)N1CCN(C(C)C(F)(F)F)CC1. The highest BCUT2D eigenvalue weighted by Gasteiger charge is 2.41. The van der Waals surface area contributed by atoms with Crippen molar-refractivity contribution in [1.82, 2.24) is 20.1 Å². The molecule has 1 aromatic heterocycles.